The number of carbonyl (C=O) groups excluding carboxylic acids is 2. The first kappa shape index (κ1) is 20.3. The summed E-state index contributed by atoms with van der Waals surface area (Å²) in [6.45, 7) is 3.26. The van der Waals surface area contributed by atoms with Crippen molar-refractivity contribution in [1.82, 2.24) is 25.3 Å². The molecule has 3 aromatic rings. The lowest BCUT2D eigenvalue weighted by molar-refractivity contribution is 0.0596. The number of hydrogen-bond donors (Lipinski definition) is 2. The minimum absolute atomic E-state index is 0.0618. The maximum Gasteiger partial charge on any atom is 0.317 e. The quantitative estimate of drug-likeness (QED) is 0.662. The van der Waals surface area contributed by atoms with E-state index in [0.717, 1.165) is 29.4 Å². The fourth-order valence-electron chi connectivity index (χ4n) is 3.80. The number of benzene rings is 1. The summed E-state index contributed by atoms with van der Waals surface area (Å²) in [5.74, 6) is 0.0463. The monoisotopic (exact) mass is 429 g/mol. The molecule has 0 radical (unpaired) electrons. The normalized spacial score (nSPS) is 16.6. The molecule has 2 N–H and O–H groups in total. The highest BCUT2D eigenvalue weighted by Gasteiger charge is 2.30. The Kier molecular flexibility index (Phi) is 5.67. The number of likely N-dealkylation sites (N-methyl/N-ethyl adjacent to an activating group) is 1. The number of halogens is 1. The molecule has 30 heavy (non-hydrogen) atoms. The van der Waals surface area contributed by atoms with E-state index >= 15 is 0 Å². The first-order valence-corrected chi connectivity index (χ1v) is 10.3. The number of carbonyl (C=O) groups is 2. The van der Waals surface area contributed by atoms with Gasteiger partial charge in [0.1, 0.15) is 0 Å². The van der Waals surface area contributed by atoms with Gasteiger partial charge in [-0.2, -0.15) is 0 Å². The van der Waals surface area contributed by atoms with Crippen LogP contribution in [0, 0.1) is 6.92 Å². The fraction of sp³-hybridized carbons (Fsp3) is 0.381. The van der Waals surface area contributed by atoms with Gasteiger partial charge < -0.3 is 24.6 Å². The number of fused-ring (bicyclic) bond motifs is 1. The lowest BCUT2D eigenvalue weighted by Gasteiger charge is -2.37. The Labute approximate surface area is 179 Å². The molecular weight excluding hydrogens is 406 g/mol. The molecule has 3 amide bonds. The Hall–Kier alpha value is -3.00. The highest BCUT2D eigenvalue weighted by molar-refractivity contribution is 6.31. The molecule has 8 nitrogen and oxygen atoms in total. The largest absolute Gasteiger partial charge is 0.357 e. The number of rotatable bonds is 4. The van der Waals surface area contributed by atoms with Crippen LogP contribution < -0.4 is 5.32 Å². The van der Waals surface area contributed by atoms with Crippen molar-refractivity contribution in [1.29, 1.82) is 0 Å². The van der Waals surface area contributed by atoms with Crippen molar-refractivity contribution in [2.24, 2.45) is 0 Å². The number of H-pyrrole nitrogens is 1. The van der Waals surface area contributed by atoms with E-state index in [4.69, 9.17) is 16.1 Å². The van der Waals surface area contributed by atoms with Crippen LogP contribution in [0.2, 0.25) is 5.02 Å². The molecule has 1 aromatic carbocycles. The first-order chi connectivity index (χ1) is 14.4. The van der Waals surface area contributed by atoms with Gasteiger partial charge in [-0.05, 0) is 44.0 Å². The number of urea groups is 1. The van der Waals surface area contributed by atoms with Crippen molar-refractivity contribution in [3.05, 3.63) is 52.5 Å². The molecule has 0 unspecified atom stereocenters. The van der Waals surface area contributed by atoms with Crippen LogP contribution in [0.3, 0.4) is 0 Å². The molecule has 1 fully saturated rings. The lowest BCUT2D eigenvalue weighted by atomic mass is 10.0. The number of likely N-dealkylation sites (tertiary alicyclic amines) is 1. The molecule has 4 rings (SSSR count). The Balaban J connectivity index is 1.35. The third kappa shape index (κ3) is 4.28. The van der Waals surface area contributed by atoms with Crippen LogP contribution in [0.25, 0.3) is 10.9 Å². The number of nitrogens with one attached hydrogen (secondary N) is 2. The molecule has 0 bridgehead atoms. The van der Waals surface area contributed by atoms with Crippen molar-refractivity contribution in [2.75, 3.05) is 20.1 Å². The second-order valence-corrected chi connectivity index (χ2v) is 8.11. The van der Waals surface area contributed by atoms with E-state index in [2.05, 4.69) is 15.5 Å². The third-order valence-electron chi connectivity index (χ3n) is 5.46. The zero-order chi connectivity index (χ0) is 21.3. The van der Waals surface area contributed by atoms with E-state index in [-0.39, 0.29) is 23.7 Å². The van der Waals surface area contributed by atoms with E-state index in [1.165, 1.54) is 0 Å². The number of aromatic amines is 1. The molecule has 3 heterocycles. The zero-order valence-electron chi connectivity index (χ0n) is 16.9. The molecule has 0 saturated carbocycles. The Bertz CT molecular complexity index is 1080. The molecule has 0 spiro atoms. The number of aromatic nitrogens is 2. The Morgan fingerprint density at radius 1 is 1.37 bits per heavy atom. The number of amides is 3. The zero-order valence-corrected chi connectivity index (χ0v) is 17.7. The van der Waals surface area contributed by atoms with Crippen LogP contribution in [-0.4, -0.2) is 58.1 Å². The van der Waals surface area contributed by atoms with Crippen LogP contribution in [0.1, 0.15) is 34.8 Å². The summed E-state index contributed by atoms with van der Waals surface area (Å²) in [5.41, 5.74) is 2.54. The van der Waals surface area contributed by atoms with Gasteiger partial charge in [-0.15, -0.1) is 0 Å². The van der Waals surface area contributed by atoms with Crippen molar-refractivity contribution >= 4 is 34.4 Å². The van der Waals surface area contributed by atoms with Gasteiger partial charge in [0.15, 0.2) is 0 Å². The van der Waals surface area contributed by atoms with Crippen LogP contribution in [0.15, 0.2) is 34.9 Å². The van der Waals surface area contributed by atoms with Gasteiger partial charge in [0.05, 0.1) is 18.3 Å². The SMILES string of the molecule is Cc1cc(C(=O)N2CCC[C@@H](N(C)C(=O)NCc3cc4cc(Cl)ccc4[nH]3)C2)on1. The van der Waals surface area contributed by atoms with E-state index in [1.807, 2.05) is 24.3 Å². The summed E-state index contributed by atoms with van der Waals surface area (Å²) in [7, 11) is 1.76. The fourth-order valence-corrected chi connectivity index (χ4v) is 3.98. The summed E-state index contributed by atoms with van der Waals surface area (Å²) in [5, 5.41) is 8.40. The summed E-state index contributed by atoms with van der Waals surface area (Å²) in [6.07, 6.45) is 1.66. The molecular formula is C21H24ClN5O3. The number of hydrogen-bond acceptors (Lipinski definition) is 4. The molecule has 0 aliphatic carbocycles. The maximum atomic E-state index is 12.7. The van der Waals surface area contributed by atoms with Crippen molar-refractivity contribution in [2.45, 2.75) is 32.4 Å². The maximum absolute atomic E-state index is 12.7. The smallest absolute Gasteiger partial charge is 0.317 e. The van der Waals surface area contributed by atoms with Gasteiger partial charge in [0.25, 0.3) is 5.91 Å². The van der Waals surface area contributed by atoms with E-state index in [9.17, 15) is 9.59 Å². The van der Waals surface area contributed by atoms with Gasteiger partial charge >= 0.3 is 6.03 Å². The standard InChI is InChI=1S/C21H24ClN5O3/c1-13-8-19(30-25-13)20(28)27-7-3-4-17(12-27)26(2)21(29)23-11-16-10-14-9-15(22)5-6-18(14)24-16/h5-6,8-10,17,24H,3-4,7,11-12H2,1-2H3,(H,23,29)/t17-/m1/s1. The van der Waals surface area contributed by atoms with Gasteiger partial charge in [-0.1, -0.05) is 16.8 Å². The van der Waals surface area contributed by atoms with Crippen LogP contribution in [-0.2, 0) is 6.54 Å². The van der Waals surface area contributed by atoms with Gasteiger partial charge in [0.2, 0.25) is 5.76 Å². The van der Waals surface area contributed by atoms with Gasteiger partial charge in [0, 0.05) is 47.8 Å². The molecule has 1 aliphatic rings. The summed E-state index contributed by atoms with van der Waals surface area (Å²) >= 11 is 6.03. The minimum atomic E-state index is -0.189. The third-order valence-corrected chi connectivity index (χ3v) is 5.69. The first-order valence-electron chi connectivity index (χ1n) is 9.91. The van der Waals surface area contributed by atoms with Crippen molar-refractivity contribution in [3.63, 3.8) is 0 Å². The van der Waals surface area contributed by atoms with Gasteiger partial charge in [-0.25, -0.2) is 4.79 Å². The molecule has 2 aromatic heterocycles. The average Bonchev–Trinajstić information content (AvgIpc) is 3.36. The molecule has 9 heteroatoms. The summed E-state index contributed by atoms with van der Waals surface area (Å²) in [6, 6.07) is 8.99. The molecule has 158 valence electrons. The van der Waals surface area contributed by atoms with E-state index < -0.39 is 0 Å². The topological polar surface area (TPSA) is 94.5 Å². The van der Waals surface area contributed by atoms with E-state index in [1.54, 1.807) is 29.8 Å². The van der Waals surface area contributed by atoms with Crippen molar-refractivity contribution < 1.29 is 14.1 Å². The second-order valence-electron chi connectivity index (χ2n) is 7.68. The highest BCUT2D eigenvalue weighted by atomic mass is 35.5. The minimum Gasteiger partial charge on any atom is -0.357 e. The van der Waals surface area contributed by atoms with Gasteiger partial charge in [-0.3, -0.25) is 4.79 Å². The van der Waals surface area contributed by atoms with Crippen molar-refractivity contribution in [3.8, 4) is 0 Å². The summed E-state index contributed by atoms with van der Waals surface area (Å²) in [4.78, 5) is 32.0. The van der Waals surface area contributed by atoms with E-state index in [0.29, 0.717) is 30.4 Å². The average molecular weight is 430 g/mol. The number of piperidine rings is 1. The molecule has 1 aliphatic heterocycles. The Morgan fingerprint density at radius 2 is 2.20 bits per heavy atom. The number of nitrogens with zero attached hydrogens (tertiary/aromatic N) is 3. The molecule has 1 atom stereocenters. The molecule has 1 saturated heterocycles. The predicted molar refractivity (Wildman–Crippen MR) is 113 cm³/mol. The Morgan fingerprint density at radius 3 is 2.97 bits per heavy atom. The predicted octanol–water partition coefficient (Wildman–Crippen LogP) is 3.56. The van der Waals surface area contributed by atoms with Crippen LogP contribution >= 0.6 is 11.6 Å². The highest BCUT2D eigenvalue weighted by Crippen LogP contribution is 2.21. The van der Waals surface area contributed by atoms with Crippen LogP contribution in [0.5, 0.6) is 0 Å². The summed E-state index contributed by atoms with van der Waals surface area (Å²) < 4.78 is 5.10. The van der Waals surface area contributed by atoms with Crippen LogP contribution in [0.4, 0.5) is 4.79 Å². The number of aryl methyl sites for hydroxylation is 1. The lowest BCUT2D eigenvalue weighted by Crippen LogP contribution is -2.52. The second kappa shape index (κ2) is 8.39.